The maximum absolute atomic E-state index is 12.8. The van der Waals surface area contributed by atoms with Crippen molar-refractivity contribution in [3.63, 3.8) is 0 Å². The summed E-state index contributed by atoms with van der Waals surface area (Å²) in [6.07, 6.45) is 1.15. The Morgan fingerprint density at radius 2 is 2.11 bits per heavy atom. The van der Waals surface area contributed by atoms with Gasteiger partial charge in [0.15, 0.2) is 11.3 Å². The minimum Gasteiger partial charge on any atom is -0.400 e. The fourth-order valence-electron chi connectivity index (χ4n) is 2.68. The third-order valence-corrected chi connectivity index (χ3v) is 4.19. The molecule has 10 heteroatoms. The fourth-order valence-corrected chi connectivity index (χ4v) is 2.68. The molecule has 28 heavy (non-hydrogen) atoms. The molecule has 0 radical (unpaired) electrons. The topological polar surface area (TPSA) is 127 Å². The normalized spacial score (nSPS) is 19.8. The number of hydrogen-bond acceptors (Lipinski definition) is 7. The molecule has 146 valence electrons. The zero-order valence-corrected chi connectivity index (χ0v) is 15.0. The number of nitrogens with one attached hydrogen (secondary N) is 1. The Bertz CT molecular complexity index is 910. The van der Waals surface area contributed by atoms with Gasteiger partial charge in [-0.3, -0.25) is 19.7 Å². The average Bonchev–Trinajstić information content (AvgIpc) is 3.16. The largest absolute Gasteiger partial charge is 0.433 e. The molecule has 2 amide bonds. The van der Waals surface area contributed by atoms with Gasteiger partial charge in [-0.25, -0.2) is 5.01 Å². The zero-order chi connectivity index (χ0) is 20.1. The first kappa shape index (κ1) is 19.2. The van der Waals surface area contributed by atoms with Crippen molar-refractivity contribution in [1.82, 2.24) is 10.3 Å². The Morgan fingerprint density at radius 3 is 2.79 bits per heavy atom. The van der Waals surface area contributed by atoms with Gasteiger partial charge in [-0.15, -0.1) is 0 Å². The van der Waals surface area contributed by atoms with Crippen LogP contribution in [-0.4, -0.2) is 46.7 Å². The smallest absolute Gasteiger partial charge is 0.400 e. The van der Waals surface area contributed by atoms with E-state index in [9.17, 15) is 19.7 Å². The molecule has 3 rings (SSSR count). The molecule has 1 N–H and O–H groups in total. The molecule has 1 aromatic carbocycles. The summed E-state index contributed by atoms with van der Waals surface area (Å²) >= 11 is 0. The van der Waals surface area contributed by atoms with Gasteiger partial charge in [0.1, 0.15) is 11.5 Å². The molecule has 0 spiro atoms. The van der Waals surface area contributed by atoms with Crippen molar-refractivity contribution in [2.45, 2.75) is 19.0 Å². The van der Waals surface area contributed by atoms with Gasteiger partial charge in [-0.05, 0) is 18.6 Å². The second-order valence-corrected chi connectivity index (χ2v) is 6.32. The van der Waals surface area contributed by atoms with E-state index in [0.29, 0.717) is 0 Å². The van der Waals surface area contributed by atoms with Crippen molar-refractivity contribution < 1.29 is 23.7 Å². The van der Waals surface area contributed by atoms with Gasteiger partial charge in [0, 0.05) is 6.54 Å². The summed E-state index contributed by atoms with van der Waals surface area (Å²) < 4.78 is 10.2. The van der Waals surface area contributed by atoms with Crippen LogP contribution in [0.5, 0.6) is 0 Å². The number of nitro groups is 1. The number of carbonyl (C=O) groups is 2. The highest BCUT2D eigenvalue weighted by Gasteiger charge is 2.46. The third-order valence-electron chi connectivity index (χ3n) is 4.19. The van der Waals surface area contributed by atoms with Gasteiger partial charge < -0.3 is 14.5 Å². The zero-order valence-electron chi connectivity index (χ0n) is 15.0. The lowest BCUT2D eigenvalue weighted by atomic mass is 10.00. The standard InChI is InChI=1S/C18H18N4O6/c1-18(17(24)19-9-13-5-3-2-4-6-13)12-27-11-15(23)21(18)20-10-14-7-8-16(28-14)22(25)26/h2-8,10H,9,11-12H2,1H3,(H,19,24)/b20-10+. The molecule has 10 nitrogen and oxygen atoms in total. The van der Waals surface area contributed by atoms with E-state index in [2.05, 4.69) is 10.4 Å². The number of furan rings is 1. The lowest BCUT2D eigenvalue weighted by Crippen LogP contribution is -2.63. The summed E-state index contributed by atoms with van der Waals surface area (Å²) in [5.74, 6) is -1.32. The molecule has 1 aliphatic rings. The number of morpholine rings is 1. The monoisotopic (exact) mass is 386 g/mol. The van der Waals surface area contributed by atoms with E-state index in [1.54, 1.807) is 0 Å². The van der Waals surface area contributed by atoms with E-state index in [1.165, 1.54) is 19.1 Å². The van der Waals surface area contributed by atoms with Gasteiger partial charge in [0.2, 0.25) is 0 Å². The van der Waals surface area contributed by atoms with Crippen LogP contribution in [-0.2, 0) is 20.9 Å². The van der Waals surface area contributed by atoms with Crippen LogP contribution < -0.4 is 5.32 Å². The van der Waals surface area contributed by atoms with Crippen molar-refractivity contribution in [3.05, 3.63) is 63.9 Å². The number of hydrazone groups is 1. The van der Waals surface area contributed by atoms with Crippen LogP contribution in [0.15, 0.2) is 52.0 Å². The molecular formula is C18H18N4O6. The second-order valence-electron chi connectivity index (χ2n) is 6.32. The molecule has 0 bridgehead atoms. The first-order valence-electron chi connectivity index (χ1n) is 8.41. The molecular weight excluding hydrogens is 368 g/mol. The highest BCUT2D eigenvalue weighted by atomic mass is 16.6. The maximum atomic E-state index is 12.8. The first-order valence-corrected chi connectivity index (χ1v) is 8.41. The Hall–Kier alpha value is -3.53. The number of benzene rings is 1. The molecule has 1 unspecified atom stereocenters. The highest BCUT2D eigenvalue weighted by molar-refractivity contribution is 5.93. The van der Waals surface area contributed by atoms with E-state index in [1.807, 2.05) is 30.3 Å². The minimum absolute atomic E-state index is 0.0466. The van der Waals surface area contributed by atoms with Crippen LogP contribution in [0, 0.1) is 10.1 Å². The van der Waals surface area contributed by atoms with Crippen LogP contribution in [0.4, 0.5) is 5.88 Å². The summed E-state index contributed by atoms with van der Waals surface area (Å²) in [4.78, 5) is 35.1. The summed E-state index contributed by atoms with van der Waals surface area (Å²) in [6, 6.07) is 11.8. The predicted molar refractivity (Wildman–Crippen MR) is 97.3 cm³/mol. The van der Waals surface area contributed by atoms with Crippen molar-refractivity contribution in [3.8, 4) is 0 Å². The summed E-state index contributed by atoms with van der Waals surface area (Å²) in [5, 5.41) is 18.5. The molecule has 1 aliphatic heterocycles. The fraction of sp³-hybridized carbons (Fsp3) is 0.278. The highest BCUT2D eigenvalue weighted by Crippen LogP contribution is 2.22. The summed E-state index contributed by atoms with van der Waals surface area (Å²) in [7, 11) is 0. The first-order chi connectivity index (χ1) is 13.4. The quantitative estimate of drug-likeness (QED) is 0.455. The van der Waals surface area contributed by atoms with E-state index in [-0.39, 0.29) is 25.5 Å². The van der Waals surface area contributed by atoms with Crippen molar-refractivity contribution in [2.24, 2.45) is 5.10 Å². The number of nitrogens with zero attached hydrogens (tertiary/aromatic N) is 3. The number of hydrogen-bond donors (Lipinski definition) is 1. The SMILES string of the molecule is CC1(C(=O)NCc2ccccc2)COCC(=O)N1/N=C/c1ccc([N+](=O)[O-])o1. The van der Waals surface area contributed by atoms with Crippen molar-refractivity contribution >= 4 is 23.9 Å². The summed E-state index contributed by atoms with van der Waals surface area (Å²) in [5.41, 5.74) is -0.473. The van der Waals surface area contributed by atoms with Crippen LogP contribution in [0.1, 0.15) is 18.2 Å². The Balaban J connectivity index is 1.76. The Kier molecular flexibility index (Phi) is 5.50. The van der Waals surface area contributed by atoms with Crippen molar-refractivity contribution in [1.29, 1.82) is 0 Å². The van der Waals surface area contributed by atoms with Crippen LogP contribution in [0.25, 0.3) is 0 Å². The number of amides is 2. The number of ether oxygens (including phenoxy) is 1. The van der Waals surface area contributed by atoms with E-state index in [0.717, 1.165) is 16.8 Å². The van der Waals surface area contributed by atoms with Crippen LogP contribution in [0.3, 0.4) is 0 Å². The molecule has 1 fully saturated rings. The van der Waals surface area contributed by atoms with Crippen molar-refractivity contribution in [2.75, 3.05) is 13.2 Å². The predicted octanol–water partition coefficient (Wildman–Crippen LogP) is 1.46. The van der Waals surface area contributed by atoms with Gasteiger partial charge >= 0.3 is 5.88 Å². The van der Waals surface area contributed by atoms with E-state index < -0.39 is 28.2 Å². The number of carbonyl (C=O) groups excluding carboxylic acids is 2. The molecule has 1 atom stereocenters. The lowest BCUT2D eigenvalue weighted by Gasteiger charge is -2.39. The van der Waals surface area contributed by atoms with Gasteiger partial charge in [-0.1, -0.05) is 30.3 Å². The second kappa shape index (κ2) is 8.01. The van der Waals surface area contributed by atoms with Gasteiger partial charge in [0.05, 0.1) is 18.9 Å². The Labute approximate surface area is 159 Å². The molecule has 0 saturated carbocycles. The maximum Gasteiger partial charge on any atom is 0.433 e. The molecule has 2 heterocycles. The lowest BCUT2D eigenvalue weighted by molar-refractivity contribution is -0.402. The van der Waals surface area contributed by atoms with E-state index in [4.69, 9.17) is 9.15 Å². The molecule has 0 aliphatic carbocycles. The summed E-state index contributed by atoms with van der Waals surface area (Å²) in [6.45, 7) is 1.55. The molecule has 1 saturated heterocycles. The average molecular weight is 386 g/mol. The number of rotatable bonds is 6. The molecule has 1 aromatic heterocycles. The van der Waals surface area contributed by atoms with Crippen LogP contribution in [0.2, 0.25) is 0 Å². The Morgan fingerprint density at radius 1 is 1.36 bits per heavy atom. The van der Waals surface area contributed by atoms with Gasteiger partial charge in [0.25, 0.3) is 11.8 Å². The van der Waals surface area contributed by atoms with E-state index >= 15 is 0 Å². The third kappa shape index (κ3) is 4.07. The van der Waals surface area contributed by atoms with Gasteiger partial charge in [-0.2, -0.15) is 5.10 Å². The minimum atomic E-state index is -1.38. The molecule has 2 aromatic rings. The van der Waals surface area contributed by atoms with Crippen LogP contribution >= 0.6 is 0 Å².